The van der Waals surface area contributed by atoms with Gasteiger partial charge in [0.05, 0.1) is 17.3 Å². The van der Waals surface area contributed by atoms with Crippen LogP contribution in [0.5, 0.6) is 0 Å². The molecule has 2 aromatic heterocycles. The van der Waals surface area contributed by atoms with Crippen molar-refractivity contribution in [2.45, 2.75) is 19.3 Å². The van der Waals surface area contributed by atoms with E-state index in [4.69, 9.17) is 0 Å². The van der Waals surface area contributed by atoms with Gasteiger partial charge in [-0.15, -0.1) is 0 Å². The van der Waals surface area contributed by atoms with Crippen LogP contribution in [0.15, 0.2) is 30.6 Å². The smallest absolute Gasteiger partial charge is 0.255 e. The Bertz CT molecular complexity index is 524. The van der Waals surface area contributed by atoms with Gasteiger partial charge in [0, 0.05) is 12.7 Å². The molecule has 0 bridgehead atoms. The Morgan fingerprint density at radius 3 is 3.06 bits per heavy atom. The van der Waals surface area contributed by atoms with Crippen molar-refractivity contribution in [2.75, 3.05) is 11.0 Å². The van der Waals surface area contributed by atoms with Gasteiger partial charge in [-0.2, -0.15) is 5.10 Å². The van der Waals surface area contributed by atoms with Crippen molar-refractivity contribution < 1.29 is 4.79 Å². The fourth-order valence-corrected chi connectivity index (χ4v) is 2.34. The molecule has 1 amide bonds. The quantitative estimate of drug-likeness (QED) is 0.491. The minimum atomic E-state index is -0.0364. The van der Waals surface area contributed by atoms with Gasteiger partial charge in [0.15, 0.2) is 0 Å². The molecule has 0 fully saturated rings. The highest BCUT2D eigenvalue weighted by Crippen LogP contribution is 2.09. The molecule has 0 saturated carbocycles. The third kappa shape index (κ3) is 3.22. The van der Waals surface area contributed by atoms with Crippen LogP contribution in [0.1, 0.15) is 29.6 Å². The molecule has 2 aromatic rings. The number of aromatic nitrogens is 2. The number of alkyl halides is 1. The zero-order chi connectivity index (χ0) is 12.8. The van der Waals surface area contributed by atoms with Crippen molar-refractivity contribution >= 4 is 34.0 Å². The van der Waals surface area contributed by atoms with Crippen LogP contribution in [0.2, 0.25) is 0 Å². The molecule has 0 aromatic carbocycles. The van der Waals surface area contributed by atoms with E-state index in [0.717, 1.165) is 24.9 Å². The average molecular weight is 357 g/mol. The van der Waals surface area contributed by atoms with E-state index < -0.39 is 0 Å². The lowest BCUT2D eigenvalue weighted by atomic mass is 10.2. The molecule has 0 saturated heterocycles. The summed E-state index contributed by atoms with van der Waals surface area (Å²) in [5.41, 5.74) is 1.49. The van der Waals surface area contributed by atoms with Gasteiger partial charge in [0.25, 0.3) is 5.91 Å². The molecular formula is C13H16IN3O. The second-order valence-electron chi connectivity index (χ2n) is 4.09. The van der Waals surface area contributed by atoms with Crippen molar-refractivity contribution in [3.63, 3.8) is 0 Å². The first-order valence-corrected chi connectivity index (χ1v) is 7.62. The summed E-state index contributed by atoms with van der Waals surface area (Å²) in [5.74, 6) is -0.0364. The number of nitrogens with one attached hydrogen (secondary N) is 1. The first-order valence-electron chi connectivity index (χ1n) is 6.09. The Hall–Kier alpha value is -1.11. The number of unbranched alkanes of at least 4 members (excludes halogenated alkanes) is 2. The van der Waals surface area contributed by atoms with Gasteiger partial charge >= 0.3 is 0 Å². The molecule has 18 heavy (non-hydrogen) atoms. The third-order valence-corrected chi connectivity index (χ3v) is 3.53. The summed E-state index contributed by atoms with van der Waals surface area (Å²) in [6.07, 6.45) is 6.88. The largest absolute Gasteiger partial charge is 0.352 e. The lowest BCUT2D eigenvalue weighted by Crippen LogP contribution is -2.24. The van der Waals surface area contributed by atoms with Crippen LogP contribution < -0.4 is 5.32 Å². The molecule has 0 radical (unpaired) electrons. The van der Waals surface area contributed by atoms with Crippen LogP contribution >= 0.6 is 22.6 Å². The van der Waals surface area contributed by atoms with E-state index >= 15 is 0 Å². The van der Waals surface area contributed by atoms with Crippen molar-refractivity contribution in [3.8, 4) is 0 Å². The highest BCUT2D eigenvalue weighted by molar-refractivity contribution is 14.1. The van der Waals surface area contributed by atoms with E-state index in [1.165, 1.54) is 10.8 Å². The topological polar surface area (TPSA) is 46.4 Å². The van der Waals surface area contributed by atoms with Crippen LogP contribution in [-0.2, 0) is 0 Å². The zero-order valence-electron chi connectivity index (χ0n) is 10.1. The van der Waals surface area contributed by atoms with Gasteiger partial charge < -0.3 is 5.32 Å². The Labute approximate surface area is 120 Å². The molecule has 2 heterocycles. The number of rotatable bonds is 6. The van der Waals surface area contributed by atoms with E-state index in [9.17, 15) is 4.79 Å². The van der Waals surface area contributed by atoms with Crippen molar-refractivity contribution in [1.29, 1.82) is 0 Å². The number of hydrogen-bond donors (Lipinski definition) is 1. The predicted octanol–water partition coefficient (Wildman–Crippen LogP) is 2.67. The van der Waals surface area contributed by atoms with Crippen molar-refractivity contribution in [3.05, 3.63) is 36.2 Å². The maximum Gasteiger partial charge on any atom is 0.255 e. The van der Waals surface area contributed by atoms with Crippen LogP contribution in [-0.4, -0.2) is 26.5 Å². The molecule has 4 nitrogen and oxygen atoms in total. The molecular weight excluding hydrogens is 341 g/mol. The molecule has 0 aliphatic rings. The summed E-state index contributed by atoms with van der Waals surface area (Å²) < 4.78 is 2.89. The summed E-state index contributed by atoms with van der Waals surface area (Å²) in [5, 5.41) is 7.09. The number of nitrogens with zero attached hydrogens (tertiary/aromatic N) is 2. The van der Waals surface area contributed by atoms with E-state index in [2.05, 4.69) is 33.0 Å². The molecule has 5 heteroatoms. The van der Waals surface area contributed by atoms with Crippen LogP contribution in [0, 0.1) is 0 Å². The average Bonchev–Trinajstić information content (AvgIpc) is 2.82. The van der Waals surface area contributed by atoms with Crippen LogP contribution in [0.25, 0.3) is 5.52 Å². The number of pyridine rings is 1. The van der Waals surface area contributed by atoms with Gasteiger partial charge in [0.1, 0.15) is 0 Å². The normalized spacial score (nSPS) is 10.7. The first-order chi connectivity index (χ1) is 8.83. The fraction of sp³-hybridized carbons (Fsp3) is 0.385. The van der Waals surface area contributed by atoms with Gasteiger partial charge in [-0.25, -0.2) is 4.52 Å². The maximum absolute atomic E-state index is 12.0. The van der Waals surface area contributed by atoms with Gasteiger partial charge in [0.2, 0.25) is 0 Å². The Morgan fingerprint density at radius 2 is 2.22 bits per heavy atom. The Kier molecular flexibility index (Phi) is 4.98. The summed E-state index contributed by atoms with van der Waals surface area (Å²) in [6.45, 7) is 0.736. The molecule has 0 aliphatic heterocycles. The van der Waals surface area contributed by atoms with Crippen molar-refractivity contribution in [2.24, 2.45) is 0 Å². The number of carbonyl (C=O) groups excluding carboxylic acids is 1. The summed E-state index contributed by atoms with van der Waals surface area (Å²) in [6, 6.07) is 5.71. The first kappa shape index (κ1) is 13.3. The minimum Gasteiger partial charge on any atom is -0.352 e. The standard InChI is InChI=1S/C13H16IN3O/c14-7-3-1-4-8-15-13(18)11-10-16-17-9-5-2-6-12(11)17/h2,5-6,9-10H,1,3-4,7-8H2,(H,15,18). The summed E-state index contributed by atoms with van der Waals surface area (Å²) >= 11 is 2.37. The van der Waals surface area contributed by atoms with Gasteiger partial charge in [-0.1, -0.05) is 35.1 Å². The lowest BCUT2D eigenvalue weighted by molar-refractivity contribution is 0.0954. The Balaban J connectivity index is 1.93. The van der Waals surface area contributed by atoms with E-state index in [-0.39, 0.29) is 5.91 Å². The monoisotopic (exact) mass is 357 g/mol. The molecule has 0 spiro atoms. The number of hydrogen-bond acceptors (Lipinski definition) is 2. The molecule has 1 N–H and O–H groups in total. The molecule has 0 atom stereocenters. The number of amides is 1. The highest BCUT2D eigenvalue weighted by Gasteiger charge is 2.10. The van der Waals surface area contributed by atoms with Crippen molar-refractivity contribution in [1.82, 2.24) is 14.9 Å². The number of carbonyl (C=O) groups is 1. The van der Waals surface area contributed by atoms with E-state index in [1.807, 2.05) is 24.4 Å². The van der Waals surface area contributed by atoms with Gasteiger partial charge in [-0.05, 0) is 29.4 Å². The second-order valence-corrected chi connectivity index (χ2v) is 5.17. The maximum atomic E-state index is 12.0. The SMILES string of the molecule is O=C(NCCCCCI)c1cnn2ccccc12. The zero-order valence-corrected chi connectivity index (χ0v) is 12.3. The van der Waals surface area contributed by atoms with Crippen LogP contribution in [0.3, 0.4) is 0 Å². The van der Waals surface area contributed by atoms with Gasteiger partial charge in [-0.3, -0.25) is 4.79 Å². The molecule has 0 aliphatic carbocycles. The predicted molar refractivity (Wildman–Crippen MR) is 80.3 cm³/mol. The minimum absolute atomic E-state index is 0.0364. The molecule has 96 valence electrons. The third-order valence-electron chi connectivity index (χ3n) is 2.77. The highest BCUT2D eigenvalue weighted by atomic mass is 127. The molecule has 2 rings (SSSR count). The fourth-order valence-electron chi connectivity index (χ4n) is 1.80. The molecule has 0 unspecified atom stereocenters. The van der Waals surface area contributed by atoms with E-state index in [0.29, 0.717) is 5.56 Å². The summed E-state index contributed by atoms with van der Waals surface area (Å²) in [7, 11) is 0. The lowest BCUT2D eigenvalue weighted by Gasteiger charge is -2.03. The Morgan fingerprint density at radius 1 is 1.33 bits per heavy atom. The van der Waals surface area contributed by atoms with E-state index in [1.54, 1.807) is 10.7 Å². The number of halogens is 1. The summed E-state index contributed by atoms with van der Waals surface area (Å²) in [4.78, 5) is 12.0. The van der Waals surface area contributed by atoms with Crippen LogP contribution in [0.4, 0.5) is 0 Å². The number of fused-ring (bicyclic) bond motifs is 1. The second kappa shape index (κ2) is 6.72.